The van der Waals surface area contributed by atoms with Crippen LogP contribution in [0.5, 0.6) is 0 Å². The number of non-ortho nitro benzene ring substituents is 1. The van der Waals surface area contributed by atoms with Gasteiger partial charge in [0.25, 0.3) is 11.6 Å². The van der Waals surface area contributed by atoms with Crippen molar-refractivity contribution >= 4 is 17.3 Å². The molecule has 1 N–H and O–H groups in total. The standard InChI is InChI=1S/C24H25N3O3/c1-3-20-6-5-7-21(4-2)24(20)25-23(28)17-26-14-12-19(13-15-26)16-18-8-10-22(11-9-18)27(29)30/h5-15H,3-4,16-17H2,1-2H3/p+1. The average Bonchev–Trinajstić information content (AvgIpc) is 2.75. The van der Waals surface area contributed by atoms with Crippen LogP contribution in [-0.4, -0.2) is 10.8 Å². The lowest BCUT2D eigenvalue weighted by molar-refractivity contribution is -0.684. The van der Waals surface area contributed by atoms with Crippen LogP contribution in [0.1, 0.15) is 36.1 Å². The van der Waals surface area contributed by atoms with Crippen LogP contribution >= 0.6 is 0 Å². The summed E-state index contributed by atoms with van der Waals surface area (Å²) in [5.74, 6) is -0.0567. The van der Waals surface area contributed by atoms with E-state index in [1.807, 2.05) is 35.2 Å². The first-order valence-electron chi connectivity index (χ1n) is 10.1. The van der Waals surface area contributed by atoms with Crippen molar-refractivity contribution in [2.45, 2.75) is 39.7 Å². The fraction of sp³-hybridized carbons (Fsp3) is 0.250. The smallest absolute Gasteiger partial charge is 0.290 e. The first kappa shape index (κ1) is 21.2. The SMILES string of the molecule is CCc1cccc(CC)c1NC(=O)C[n+]1ccc(Cc2ccc([N+](=O)[O-])cc2)cc1. The monoisotopic (exact) mass is 404 g/mol. The summed E-state index contributed by atoms with van der Waals surface area (Å²) in [6.07, 6.45) is 6.18. The number of benzene rings is 2. The minimum Gasteiger partial charge on any atom is -0.320 e. The minimum absolute atomic E-state index is 0.0567. The van der Waals surface area contributed by atoms with E-state index < -0.39 is 4.92 Å². The summed E-state index contributed by atoms with van der Waals surface area (Å²) in [6.45, 7) is 4.41. The van der Waals surface area contributed by atoms with Crippen molar-refractivity contribution < 1.29 is 14.3 Å². The zero-order valence-electron chi connectivity index (χ0n) is 17.3. The van der Waals surface area contributed by atoms with Gasteiger partial charge in [0, 0.05) is 30.0 Å². The molecule has 0 unspecified atom stereocenters. The fourth-order valence-electron chi connectivity index (χ4n) is 3.43. The third kappa shape index (κ3) is 5.29. The van der Waals surface area contributed by atoms with E-state index in [1.165, 1.54) is 12.1 Å². The van der Waals surface area contributed by atoms with Gasteiger partial charge in [0.05, 0.1) is 4.92 Å². The lowest BCUT2D eigenvalue weighted by Crippen LogP contribution is -2.39. The van der Waals surface area contributed by atoms with Crippen LogP contribution in [0, 0.1) is 10.1 Å². The molecule has 1 amide bonds. The van der Waals surface area contributed by atoms with Gasteiger partial charge in [-0.25, -0.2) is 0 Å². The second kappa shape index (κ2) is 9.78. The zero-order valence-corrected chi connectivity index (χ0v) is 17.3. The lowest BCUT2D eigenvalue weighted by Gasteiger charge is -2.13. The average molecular weight is 404 g/mol. The minimum atomic E-state index is -0.400. The van der Waals surface area contributed by atoms with Crippen molar-refractivity contribution in [2.24, 2.45) is 0 Å². The van der Waals surface area contributed by atoms with Gasteiger partial charge >= 0.3 is 0 Å². The Kier molecular flexibility index (Phi) is 6.91. The zero-order chi connectivity index (χ0) is 21.5. The molecule has 6 nitrogen and oxygen atoms in total. The second-order valence-electron chi connectivity index (χ2n) is 7.19. The van der Waals surface area contributed by atoms with Crippen molar-refractivity contribution in [3.8, 4) is 0 Å². The summed E-state index contributed by atoms with van der Waals surface area (Å²) in [6, 6.07) is 16.6. The summed E-state index contributed by atoms with van der Waals surface area (Å²) >= 11 is 0. The largest absolute Gasteiger partial charge is 0.320 e. The Hall–Kier alpha value is -3.54. The summed E-state index contributed by atoms with van der Waals surface area (Å²) in [4.78, 5) is 22.9. The molecule has 3 aromatic rings. The number of nitro benzene ring substituents is 1. The number of aromatic nitrogens is 1. The van der Waals surface area contributed by atoms with Gasteiger partial charge in [0.1, 0.15) is 0 Å². The number of nitrogens with zero attached hydrogens (tertiary/aromatic N) is 2. The van der Waals surface area contributed by atoms with E-state index in [2.05, 4.69) is 31.3 Å². The van der Waals surface area contributed by atoms with Crippen molar-refractivity contribution in [3.05, 3.63) is 99.4 Å². The maximum atomic E-state index is 12.6. The van der Waals surface area contributed by atoms with E-state index in [1.54, 1.807) is 12.1 Å². The molecule has 0 aliphatic rings. The third-order valence-corrected chi connectivity index (χ3v) is 5.11. The van der Waals surface area contributed by atoms with Crippen LogP contribution in [0.2, 0.25) is 0 Å². The number of para-hydroxylation sites is 1. The van der Waals surface area contributed by atoms with Crippen molar-refractivity contribution in [1.29, 1.82) is 0 Å². The van der Waals surface area contributed by atoms with Gasteiger partial charge in [-0.3, -0.25) is 14.9 Å². The fourth-order valence-corrected chi connectivity index (χ4v) is 3.43. The molecule has 2 aromatic carbocycles. The van der Waals surface area contributed by atoms with Crippen molar-refractivity contribution in [1.82, 2.24) is 0 Å². The molecule has 0 atom stereocenters. The van der Waals surface area contributed by atoms with Gasteiger partial charge in [0.2, 0.25) is 6.54 Å². The lowest BCUT2D eigenvalue weighted by atomic mass is 10.0. The number of rotatable bonds is 8. The molecule has 0 aliphatic heterocycles. The van der Waals surface area contributed by atoms with Crippen LogP contribution in [0.15, 0.2) is 67.0 Å². The Morgan fingerprint density at radius 3 is 2.03 bits per heavy atom. The van der Waals surface area contributed by atoms with E-state index in [0.29, 0.717) is 6.42 Å². The second-order valence-corrected chi connectivity index (χ2v) is 7.19. The molecule has 0 aliphatic carbocycles. The van der Waals surface area contributed by atoms with Crippen LogP contribution in [0.4, 0.5) is 11.4 Å². The molecular formula is C24H26N3O3+. The van der Waals surface area contributed by atoms with Crippen molar-refractivity contribution in [2.75, 3.05) is 5.32 Å². The van der Waals surface area contributed by atoms with Gasteiger partial charge in [0.15, 0.2) is 12.4 Å². The Balaban J connectivity index is 1.63. The molecule has 6 heteroatoms. The van der Waals surface area contributed by atoms with E-state index in [0.717, 1.165) is 40.8 Å². The highest BCUT2D eigenvalue weighted by Crippen LogP contribution is 2.22. The number of aryl methyl sites for hydroxylation is 2. The Morgan fingerprint density at radius 1 is 0.933 bits per heavy atom. The molecule has 0 spiro atoms. The normalized spacial score (nSPS) is 10.6. The summed E-state index contributed by atoms with van der Waals surface area (Å²) in [5.41, 5.74) is 5.39. The predicted molar refractivity (Wildman–Crippen MR) is 116 cm³/mol. The highest BCUT2D eigenvalue weighted by molar-refractivity contribution is 5.91. The predicted octanol–water partition coefficient (Wildman–Crippen LogP) is 4.24. The number of nitrogens with one attached hydrogen (secondary N) is 1. The van der Waals surface area contributed by atoms with Crippen LogP contribution in [0.25, 0.3) is 0 Å². The highest BCUT2D eigenvalue weighted by atomic mass is 16.6. The molecule has 0 fully saturated rings. The molecule has 0 bridgehead atoms. The number of pyridine rings is 1. The molecular weight excluding hydrogens is 378 g/mol. The van der Waals surface area contributed by atoms with Gasteiger partial charge < -0.3 is 5.32 Å². The molecule has 3 rings (SSSR count). The van der Waals surface area contributed by atoms with Gasteiger partial charge in [-0.05, 0) is 41.5 Å². The van der Waals surface area contributed by atoms with Gasteiger partial charge in [-0.2, -0.15) is 4.57 Å². The number of carbonyl (C=O) groups is 1. The van der Waals surface area contributed by atoms with E-state index in [-0.39, 0.29) is 18.1 Å². The Morgan fingerprint density at radius 2 is 1.50 bits per heavy atom. The van der Waals surface area contributed by atoms with Crippen LogP contribution < -0.4 is 9.88 Å². The molecule has 0 radical (unpaired) electrons. The maximum absolute atomic E-state index is 12.6. The summed E-state index contributed by atoms with van der Waals surface area (Å²) in [5, 5.41) is 13.8. The van der Waals surface area contributed by atoms with Crippen LogP contribution in [0.3, 0.4) is 0 Å². The van der Waals surface area contributed by atoms with E-state index >= 15 is 0 Å². The number of anilines is 1. The summed E-state index contributed by atoms with van der Waals surface area (Å²) in [7, 11) is 0. The molecule has 1 heterocycles. The van der Waals surface area contributed by atoms with Crippen LogP contribution in [-0.2, 0) is 30.6 Å². The Labute approximate surface area is 176 Å². The van der Waals surface area contributed by atoms with E-state index in [4.69, 9.17) is 0 Å². The molecule has 30 heavy (non-hydrogen) atoms. The number of amides is 1. The molecule has 154 valence electrons. The quantitative estimate of drug-likeness (QED) is 0.347. The number of hydrogen-bond donors (Lipinski definition) is 1. The first-order valence-corrected chi connectivity index (χ1v) is 10.1. The maximum Gasteiger partial charge on any atom is 0.290 e. The topological polar surface area (TPSA) is 76.1 Å². The molecule has 1 aromatic heterocycles. The first-order chi connectivity index (χ1) is 14.5. The van der Waals surface area contributed by atoms with Crippen molar-refractivity contribution in [3.63, 3.8) is 0 Å². The number of hydrogen-bond acceptors (Lipinski definition) is 3. The third-order valence-electron chi connectivity index (χ3n) is 5.11. The molecule has 0 saturated heterocycles. The highest BCUT2D eigenvalue weighted by Gasteiger charge is 2.14. The summed E-state index contributed by atoms with van der Waals surface area (Å²) < 4.78 is 1.84. The number of nitro groups is 1. The molecule has 0 saturated carbocycles. The Bertz CT molecular complexity index is 1010. The van der Waals surface area contributed by atoms with E-state index in [9.17, 15) is 14.9 Å². The van der Waals surface area contributed by atoms with Gasteiger partial charge in [-0.1, -0.05) is 44.2 Å². The van der Waals surface area contributed by atoms with Gasteiger partial charge in [-0.15, -0.1) is 0 Å². The number of carbonyl (C=O) groups excluding carboxylic acids is 1.